The largest absolute Gasteiger partial charge is 0.497 e. The standard InChI is InChI=1S/C22H30N6OS/c1-3-23-21(24-14-18-16-28-11-12-30-22(28)26-18)25-15-20(27-9-4-5-10-27)17-7-6-8-19(13-17)29-2/h6-8,11-13,16,20H,3-5,9-10,14-15H2,1-2H3,(H2,23,24,25). The molecule has 3 heterocycles. The Morgan fingerprint density at radius 3 is 2.93 bits per heavy atom. The normalized spacial score (nSPS) is 16.1. The Morgan fingerprint density at radius 2 is 2.17 bits per heavy atom. The maximum atomic E-state index is 5.45. The lowest BCUT2D eigenvalue weighted by Gasteiger charge is -2.29. The van der Waals surface area contributed by atoms with E-state index in [0.29, 0.717) is 6.54 Å². The van der Waals surface area contributed by atoms with Gasteiger partial charge in [0.05, 0.1) is 25.4 Å². The van der Waals surface area contributed by atoms with Crippen molar-refractivity contribution in [2.75, 3.05) is 33.3 Å². The highest BCUT2D eigenvalue weighted by Gasteiger charge is 2.24. The first-order valence-corrected chi connectivity index (χ1v) is 11.5. The maximum absolute atomic E-state index is 5.45. The van der Waals surface area contributed by atoms with Gasteiger partial charge in [0.25, 0.3) is 0 Å². The van der Waals surface area contributed by atoms with Gasteiger partial charge >= 0.3 is 0 Å². The van der Waals surface area contributed by atoms with Crippen LogP contribution in [0.5, 0.6) is 5.75 Å². The summed E-state index contributed by atoms with van der Waals surface area (Å²) in [4.78, 5) is 12.9. The topological polar surface area (TPSA) is 66.2 Å². The van der Waals surface area contributed by atoms with Crippen molar-refractivity contribution in [3.8, 4) is 5.75 Å². The minimum Gasteiger partial charge on any atom is -0.497 e. The molecule has 2 aromatic heterocycles. The number of thiazole rings is 1. The molecule has 3 aromatic rings. The molecule has 0 spiro atoms. The second-order valence-electron chi connectivity index (χ2n) is 7.44. The molecule has 8 heteroatoms. The van der Waals surface area contributed by atoms with E-state index < -0.39 is 0 Å². The Kier molecular flexibility index (Phi) is 6.86. The second kappa shape index (κ2) is 9.95. The molecule has 1 fully saturated rings. The number of likely N-dealkylation sites (tertiary alicyclic amines) is 1. The fourth-order valence-electron chi connectivity index (χ4n) is 3.91. The molecule has 4 rings (SSSR count). The summed E-state index contributed by atoms with van der Waals surface area (Å²) in [6.45, 7) is 6.50. The summed E-state index contributed by atoms with van der Waals surface area (Å²) >= 11 is 1.64. The number of ether oxygens (including phenoxy) is 1. The molecule has 1 aliphatic heterocycles. The molecule has 7 nitrogen and oxygen atoms in total. The summed E-state index contributed by atoms with van der Waals surface area (Å²) in [5.41, 5.74) is 2.25. The SMILES string of the molecule is CCNC(=NCc1cn2ccsc2n1)NCC(c1cccc(OC)c1)N1CCCC1. The average Bonchev–Trinajstić information content (AvgIpc) is 3.50. The molecule has 0 aliphatic carbocycles. The number of nitrogens with zero attached hydrogens (tertiary/aromatic N) is 4. The molecule has 30 heavy (non-hydrogen) atoms. The lowest BCUT2D eigenvalue weighted by atomic mass is 10.1. The van der Waals surface area contributed by atoms with Crippen molar-refractivity contribution in [1.82, 2.24) is 24.9 Å². The maximum Gasteiger partial charge on any atom is 0.193 e. The molecule has 1 atom stereocenters. The quantitative estimate of drug-likeness (QED) is 0.427. The number of hydrogen-bond acceptors (Lipinski definition) is 5. The minimum atomic E-state index is 0.282. The summed E-state index contributed by atoms with van der Waals surface area (Å²) in [7, 11) is 1.72. The third kappa shape index (κ3) is 4.94. The zero-order valence-electron chi connectivity index (χ0n) is 17.7. The number of imidazole rings is 1. The van der Waals surface area contributed by atoms with Crippen LogP contribution < -0.4 is 15.4 Å². The molecule has 0 saturated carbocycles. The molecule has 0 amide bonds. The second-order valence-corrected chi connectivity index (χ2v) is 8.31. The Bertz CT molecular complexity index is 946. The fraction of sp³-hybridized carbons (Fsp3) is 0.455. The third-order valence-electron chi connectivity index (χ3n) is 5.41. The molecule has 1 aliphatic rings. The monoisotopic (exact) mass is 426 g/mol. The molecule has 1 unspecified atom stereocenters. The zero-order chi connectivity index (χ0) is 20.8. The summed E-state index contributed by atoms with van der Waals surface area (Å²) in [5.74, 6) is 1.72. The number of methoxy groups -OCH3 is 1. The fourth-order valence-corrected chi connectivity index (χ4v) is 4.63. The van der Waals surface area contributed by atoms with Gasteiger partial charge in [-0.15, -0.1) is 11.3 Å². The highest BCUT2D eigenvalue weighted by molar-refractivity contribution is 7.15. The van der Waals surface area contributed by atoms with E-state index >= 15 is 0 Å². The van der Waals surface area contributed by atoms with Crippen LogP contribution in [0, 0.1) is 0 Å². The van der Waals surface area contributed by atoms with Crippen LogP contribution in [0.3, 0.4) is 0 Å². The lowest BCUT2D eigenvalue weighted by Crippen LogP contribution is -2.42. The van der Waals surface area contributed by atoms with Crippen molar-refractivity contribution in [2.45, 2.75) is 32.4 Å². The van der Waals surface area contributed by atoms with Gasteiger partial charge in [-0.3, -0.25) is 9.30 Å². The first kappa shape index (κ1) is 20.7. The van der Waals surface area contributed by atoms with Gasteiger partial charge in [0.2, 0.25) is 0 Å². The van der Waals surface area contributed by atoms with Gasteiger partial charge in [0, 0.05) is 30.9 Å². The molecular weight excluding hydrogens is 396 g/mol. The number of benzene rings is 1. The molecule has 2 N–H and O–H groups in total. The average molecular weight is 427 g/mol. The first-order chi connectivity index (χ1) is 14.8. The molecular formula is C22H30N6OS. The van der Waals surface area contributed by atoms with Gasteiger partial charge in [0.15, 0.2) is 10.9 Å². The third-order valence-corrected chi connectivity index (χ3v) is 6.18. The van der Waals surface area contributed by atoms with Crippen LogP contribution >= 0.6 is 11.3 Å². The van der Waals surface area contributed by atoms with Crippen molar-refractivity contribution in [2.24, 2.45) is 4.99 Å². The van der Waals surface area contributed by atoms with E-state index in [-0.39, 0.29) is 6.04 Å². The Labute approximate surface area is 181 Å². The number of aliphatic imine (C=N–C) groups is 1. The number of guanidine groups is 1. The first-order valence-electron chi connectivity index (χ1n) is 10.6. The summed E-state index contributed by atoms with van der Waals surface area (Å²) in [6, 6.07) is 8.69. The van der Waals surface area contributed by atoms with Gasteiger partial charge in [-0.05, 0) is 50.6 Å². The molecule has 1 saturated heterocycles. The predicted octanol–water partition coefficient (Wildman–Crippen LogP) is 3.30. The Balaban J connectivity index is 1.46. The smallest absolute Gasteiger partial charge is 0.193 e. The Morgan fingerprint density at radius 1 is 1.30 bits per heavy atom. The van der Waals surface area contributed by atoms with Crippen LogP contribution in [0.4, 0.5) is 0 Å². The van der Waals surface area contributed by atoms with Gasteiger partial charge in [-0.1, -0.05) is 12.1 Å². The number of fused-ring (bicyclic) bond motifs is 1. The highest BCUT2D eigenvalue weighted by Crippen LogP contribution is 2.27. The van der Waals surface area contributed by atoms with E-state index in [1.165, 1.54) is 18.4 Å². The van der Waals surface area contributed by atoms with Crippen molar-refractivity contribution in [1.29, 1.82) is 0 Å². The van der Waals surface area contributed by atoms with Crippen molar-refractivity contribution < 1.29 is 4.74 Å². The van der Waals surface area contributed by atoms with Crippen molar-refractivity contribution in [3.63, 3.8) is 0 Å². The van der Waals surface area contributed by atoms with Crippen LogP contribution in [0.15, 0.2) is 47.0 Å². The minimum absolute atomic E-state index is 0.282. The van der Waals surface area contributed by atoms with Crippen molar-refractivity contribution >= 4 is 22.3 Å². The summed E-state index contributed by atoms with van der Waals surface area (Å²) < 4.78 is 7.50. The molecule has 0 radical (unpaired) electrons. The van der Waals surface area contributed by atoms with Crippen LogP contribution in [-0.2, 0) is 6.54 Å². The summed E-state index contributed by atoms with van der Waals surface area (Å²) in [5, 5.41) is 8.96. The van der Waals surface area contributed by atoms with E-state index in [1.54, 1.807) is 18.4 Å². The zero-order valence-corrected chi connectivity index (χ0v) is 18.5. The van der Waals surface area contributed by atoms with E-state index in [9.17, 15) is 0 Å². The van der Waals surface area contributed by atoms with Crippen LogP contribution in [0.25, 0.3) is 4.96 Å². The van der Waals surface area contributed by atoms with E-state index in [1.807, 2.05) is 28.2 Å². The predicted molar refractivity (Wildman–Crippen MR) is 122 cm³/mol. The number of rotatable bonds is 8. The van der Waals surface area contributed by atoms with Crippen LogP contribution in [0.1, 0.15) is 37.1 Å². The van der Waals surface area contributed by atoms with Crippen LogP contribution in [0.2, 0.25) is 0 Å². The van der Waals surface area contributed by atoms with Crippen LogP contribution in [-0.4, -0.2) is 53.5 Å². The molecule has 1 aromatic carbocycles. The van der Waals surface area contributed by atoms with E-state index in [2.05, 4.69) is 45.6 Å². The van der Waals surface area contributed by atoms with E-state index in [0.717, 1.165) is 48.5 Å². The Hall–Kier alpha value is -2.58. The summed E-state index contributed by atoms with van der Waals surface area (Å²) in [6.07, 6.45) is 6.58. The van der Waals surface area contributed by atoms with Crippen molar-refractivity contribution in [3.05, 3.63) is 53.3 Å². The van der Waals surface area contributed by atoms with Gasteiger partial charge in [0.1, 0.15) is 5.75 Å². The van der Waals surface area contributed by atoms with Gasteiger partial charge in [-0.25, -0.2) is 9.98 Å². The number of nitrogens with one attached hydrogen (secondary N) is 2. The number of aromatic nitrogens is 2. The molecule has 160 valence electrons. The van der Waals surface area contributed by atoms with E-state index in [4.69, 9.17) is 9.73 Å². The number of hydrogen-bond donors (Lipinski definition) is 2. The van der Waals surface area contributed by atoms with Gasteiger partial charge in [-0.2, -0.15) is 0 Å². The van der Waals surface area contributed by atoms with Gasteiger partial charge < -0.3 is 15.4 Å². The molecule has 0 bridgehead atoms. The highest BCUT2D eigenvalue weighted by atomic mass is 32.1. The lowest BCUT2D eigenvalue weighted by molar-refractivity contribution is 0.245.